The van der Waals surface area contributed by atoms with E-state index in [1.807, 2.05) is 12.1 Å². The monoisotopic (exact) mass is 542 g/mol. The number of hydrogen-bond acceptors (Lipinski definition) is 4. The van der Waals surface area contributed by atoms with Crippen LogP contribution in [-0.2, 0) is 13.6 Å². The Labute approximate surface area is 209 Å². The second-order valence-electron chi connectivity index (χ2n) is 11.4. The van der Waals surface area contributed by atoms with E-state index in [1.54, 1.807) is 12.1 Å². The van der Waals surface area contributed by atoms with Gasteiger partial charge in [0.25, 0.3) is 0 Å². The van der Waals surface area contributed by atoms with Crippen molar-refractivity contribution in [2.75, 3.05) is 0 Å². The normalized spacial score (nSPS) is 33.8. The Bertz CT molecular complexity index is 758. The average Bonchev–Trinajstić information content (AvgIpc) is 2.73. The van der Waals surface area contributed by atoms with Crippen LogP contribution < -0.4 is 0 Å². The summed E-state index contributed by atoms with van der Waals surface area (Å²) in [4.78, 5) is 0. The van der Waals surface area contributed by atoms with Crippen LogP contribution in [0.3, 0.4) is 0 Å². The molecule has 188 valence electrons. The summed E-state index contributed by atoms with van der Waals surface area (Å²) in [5.41, 5.74) is 0.580. The van der Waals surface area contributed by atoms with Crippen molar-refractivity contribution >= 4 is 23.5 Å². The fraction of sp³-hybridized carbons (Fsp3) is 0.778. The maximum atomic E-state index is 14.6. The third kappa shape index (κ3) is 6.94. The van der Waals surface area contributed by atoms with Gasteiger partial charge in [-0.2, -0.15) is 0 Å². The number of benzene rings is 1. The maximum Gasteiger partial charge on any atom is 0.363 e. The Hall–Kier alpha value is -0.190. The third-order valence-electron chi connectivity index (χ3n) is 7.95. The minimum atomic E-state index is -3.85. The average molecular weight is 544 g/mol. The highest BCUT2D eigenvalue weighted by Crippen LogP contribution is 2.64. The van der Waals surface area contributed by atoms with Gasteiger partial charge < -0.3 is 14.2 Å². The summed E-state index contributed by atoms with van der Waals surface area (Å²) < 4.78 is 28.5. The smallest absolute Gasteiger partial charge is 0.363 e. The molecule has 0 aromatic heterocycles. The first-order valence-corrected chi connectivity index (χ1v) is 15.3. The van der Waals surface area contributed by atoms with Crippen LogP contribution in [0.5, 0.6) is 0 Å². The van der Waals surface area contributed by atoms with Crippen LogP contribution >= 0.6 is 23.5 Å². The van der Waals surface area contributed by atoms with Gasteiger partial charge in [-0.1, -0.05) is 82.4 Å². The van der Waals surface area contributed by atoms with Gasteiger partial charge in [0.2, 0.25) is 0 Å². The maximum absolute atomic E-state index is 14.6. The Morgan fingerprint density at radius 1 is 0.848 bits per heavy atom. The van der Waals surface area contributed by atoms with Gasteiger partial charge in [0.15, 0.2) is 5.85 Å². The molecule has 1 N–H and O–H groups in total. The molecule has 2 aliphatic rings. The first kappa shape index (κ1) is 27.4. The minimum Gasteiger partial charge on any atom is -0.376 e. The molecule has 8 atom stereocenters. The molecule has 0 heterocycles. The van der Waals surface area contributed by atoms with Crippen molar-refractivity contribution in [1.82, 2.24) is 0 Å². The number of halogens is 1. The quantitative estimate of drug-likeness (QED) is 0.334. The standard InChI is InChI=1S/C27H44BrO4P/c1-17(2)23-13-7-19(5)15-25(23)31-33(30,27(29)21-9-11-22(28)12-10-21)32-26-16-20(6)8-14-24(26)18(3)4/h9-12,17-20,23-27,29H,7-8,13-16H2,1-6H3/t19-,20-,23-,24+,25+,26+,27-,33?/m0/s1. The largest absolute Gasteiger partial charge is 0.376 e. The summed E-state index contributed by atoms with van der Waals surface area (Å²) in [5, 5.41) is 11.4. The zero-order valence-electron chi connectivity index (χ0n) is 21.2. The van der Waals surface area contributed by atoms with Crippen LogP contribution in [0.25, 0.3) is 0 Å². The van der Waals surface area contributed by atoms with Gasteiger partial charge >= 0.3 is 7.60 Å². The molecule has 2 saturated carbocycles. The lowest BCUT2D eigenvalue weighted by Crippen LogP contribution is -2.37. The number of aliphatic hydroxyl groups excluding tert-OH is 1. The van der Waals surface area contributed by atoms with Crippen molar-refractivity contribution in [3.05, 3.63) is 34.3 Å². The molecule has 0 aliphatic heterocycles. The summed E-state index contributed by atoms with van der Waals surface area (Å²) in [6.45, 7) is 13.3. The van der Waals surface area contributed by atoms with Crippen molar-refractivity contribution in [2.45, 2.75) is 98.1 Å². The molecule has 0 saturated heterocycles. The van der Waals surface area contributed by atoms with Crippen LogP contribution in [0.1, 0.15) is 91.5 Å². The van der Waals surface area contributed by atoms with Crippen LogP contribution in [0.15, 0.2) is 28.7 Å². The molecule has 6 heteroatoms. The van der Waals surface area contributed by atoms with E-state index < -0.39 is 13.4 Å². The first-order valence-electron chi connectivity index (χ1n) is 12.9. The molecule has 2 fully saturated rings. The number of rotatable bonds is 8. The van der Waals surface area contributed by atoms with E-state index in [4.69, 9.17) is 9.05 Å². The summed E-state index contributed by atoms with van der Waals surface area (Å²) in [6, 6.07) is 7.34. The first-order chi connectivity index (χ1) is 15.5. The minimum absolute atomic E-state index is 0.164. The lowest BCUT2D eigenvalue weighted by molar-refractivity contribution is -0.0153. The van der Waals surface area contributed by atoms with Gasteiger partial charge in [-0.25, -0.2) is 0 Å². The highest BCUT2D eigenvalue weighted by Gasteiger charge is 2.46. The number of hydrogen-bond donors (Lipinski definition) is 1. The fourth-order valence-electron chi connectivity index (χ4n) is 5.81. The molecule has 1 aromatic rings. The molecular formula is C27H44BrO4P. The highest BCUT2D eigenvalue weighted by atomic mass is 79.9. The molecule has 0 bridgehead atoms. The predicted molar refractivity (Wildman–Crippen MR) is 139 cm³/mol. The van der Waals surface area contributed by atoms with Crippen molar-refractivity contribution in [1.29, 1.82) is 0 Å². The Balaban J connectivity index is 1.94. The molecule has 0 spiro atoms. The molecule has 1 unspecified atom stereocenters. The predicted octanol–water partition coefficient (Wildman–Crippen LogP) is 8.59. The lowest BCUT2D eigenvalue weighted by Gasteiger charge is -2.42. The van der Waals surface area contributed by atoms with Crippen LogP contribution in [0.2, 0.25) is 0 Å². The second-order valence-corrected chi connectivity index (χ2v) is 14.3. The third-order valence-corrected chi connectivity index (χ3v) is 10.5. The zero-order valence-corrected chi connectivity index (χ0v) is 23.7. The van der Waals surface area contributed by atoms with E-state index in [2.05, 4.69) is 57.5 Å². The number of aliphatic hydroxyl groups is 1. The van der Waals surface area contributed by atoms with Gasteiger partial charge in [-0.3, -0.25) is 4.57 Å². The molecule has 0 amide bonds. The highest BCUT2D eigenvalue weighted by molar-refractivity contribution is 9.10. The Kier molecular flexibility index (Phi) is 9.71. The second kappa shape index (κ2) is 11.7. The molecular weight excluding hydrogens is 499 g/mol. The summed E-state index contributed by atoms with van der Waals surface area (Å²) >= 11 is 3.45. The molecule has 3 rings (SSSR count). The van der Waals surface area contributed by atoms with Gasteiger partial charge in [0, 0.05) is 4.47 Å². The molecule has 1 aromatic carbocycles. The van der Waals surface area contributed by atoms with Crippen molar-refractivity contribution in [3.8, 4) is 0 Å². The summed E-state index contributed by atoms with van der Waals surface area (Å²) in [6.07, 6.45) is 5.85. The van der Waals surface area contributed by atoms with Crippen LogP contribution in [0.4, 0.5) is 0 Å². The van der Waals surface area contributed by atoms with Crippen LogP contribution in [-0.4, -0.2) is 17.3 Å². The van der Waals surface area contributed by atoms with E-state index in [1.165, 1.54) is 12.8 Å². The fourth-order valence-corrected chi connectivity index (χ4v) is 8.13. The van der Waals surface area contributed by atoms with E-state index in [-0.39, 0.29) is 12.2 Å². The Morgan fingerprint density at radius 2 is 1.27 bits per heavy atom. The van der Waals surface area contributed by atoms with Gasteiger partial charge in [-0.15, -0.1) is 0 Å². The van der Waals surface area contributed by atoms with Crippen molar-refractivity contribution in [3.63, 3.8) is 0 Å². The van der Waals surface area contributed by atoms with Crippen molar-refractivity contribution in [2.24, 2.45) is 35.5 Å². The zero-order chi connectivity index (χ0) is 24.3. The lowest BCUT2D eigenvalue weighted by atomic mass is 9.75. The van der Waals surface area contributed by atoms with E-state index in [9.17, 15) is 9.67 Å². The SMILES string of the molecule is CC(C)[C@H]1CC[C@H](C)C[C@H]1OP(=O)(O[C@@H]1C[C@@H](C)CC[C@H]1C(C)C)[C@H](O)c1ccc(Br)cc1. The van der Waals surface area contributed by atoms with Gasteiger partial charge in [0.05, 0.1) is 12.2 Å². The van der Waals surface area contributed by atoms with Gasteiger partial charge in [0.1, 0.15) is 0 Å². The molecule has 33 heavy (non-hydrogen) atoms. The van der Waals surface area contributed by atoms with Crippen molar-refractivity contribution < 1.29 is 18.7 Å². The van der Waals surface area contributed by atoms with E-state index in [0.717, 1.165) is 30.2 Å². The molecule has 0 radical (unpaired) electrons. The van der Waals surface area contributed by atoms with Gasteiger partial charge in [-0.05, 0) is 78.9 Å². The molecule has 4 nitrogen and oxygen atoms in total. The topological polar surface area (TPSA) is 55.8 Å². The summed E-state index contributed by atoms with van der Waals surface area (Å²) in [7, 11) is -3.85. The summed E-state index contributed by atoms with van der Waals surface area (Å²) in [5.74, 6) is 1.24. The van der Waals surface area contributed by atoms with Crippen LogP contribution in [0, 0.1) is 35.5 Å². The van der Waals surface area contributed by atoms with E-state index in [0.29, 0.717) is 41.1 Å². The van der Waals surface area contributed by atoms with E-state index >= 15 is 0 Å². The molecule has 2 aliphatic carbocycles. The Morgan fingerprint density at radius 3 is 1.67 bits per heavy atom.